The molecule has 3 unspecified atom stereocenters. The number of rotatable bonds is 2. The first kappa shape index (κ1) is 18.7. The molecule has 2 bridgehead atoms. The van der Waals surface area contributed by atoms with E-state index in [0.29, 0.717) is 5.82 Å². The number of ether oxygens (including phenoxy) is 1. The van der Waals surface area contributed by atoms with Crippen molar-refractivity contribution in [2.45, 2.75) is 70.6 Å². The predicted octanol–water partition coefficient (Wildman–Crippen LogP) is 4.29. The van der Waals surface area contributed by atoms with Crippen LogP contribution in [0.25, 0.3) is 11.1 Å². The summed E-state index contributed by atoms with van der Waals surface area (Å²) in [7, 11) is 0. The van der Waals surface area contributed by atoms with Crippen molar-refractivity contribution in [3.63, 3.8) is 0 Å². The normalized spacial score (nSPS) is 23.9. The minimum absolute atomic E-state index is 0.161. The third kappa shape index (κ3) is 3.43. The Balaban J connectivity index is 1.61. The second-order valence-corrected chi connectivity index (χ2v) is 8.92. The number of pyridine rings is 2. The summed E-state index contributed by atoms with van der Waals surface area (Å²) < 4.78 is 5.65. The first-order valence-corrected chi connectivity index (χ1v) is 9.93. The molecule has 0 aliphatic carbocycles. The second kappa shape index (κ2) is 6.76. The molecule has 3 atom stereocenters. The molecular weight excluding hydrogens is 352 g/mol. The van der Waals surface area contributed by atoms with E-state index < -0.39 is 5.60 Å². The van der Waals surface area contributed by atoms with E-state index in [-0.39, 0.29) is 24.1 Å². The maximum Gasteiger partial charge on any atom is 0.410 e. The van der Waals surface area contributed by atoms with Gasteiger partial charge in [0.2, 0.25) is 0 Å². The first-order valence-electron chi connectivity index (χ1n) is 9.93. The molecule has 6 nitrogen and oxygen atoms in total. The topological polar surface area (TPSA) is 81.3 Å². The third-order valence-electron chi connectivity index (χ3n) is 5.73. The number of carbonyl (C=O) groups is 1. The highest BCUT2D eigenvalue weighted by Gasteiger charge is 2.50. The van der Waals surface area contributed by atoms with E-state index in [4.69, 9.17) is 10.5 Å². The van der Waals surface area contributed by atoms with Gasteiger partial charge in [0, 0.05) is 47.2 Å². The number of hydrogen-bond donors (Lipinski definition) is 1. The quantitative estimate of drug-likeness (QED) is 0.840. The van der Waals surface area contributed by atoms with E-state index in [9.17, 15) is 4.79 Å². The molecule has 148 valence electrons. The van der Waals surface area contributed by atoms with Crippen molar-refractivity contribution in [2.24, 2.45) is 0 Å². The van der Waals surface area contributed by atoms with Gasteiger partial charge in [-0.15, -0.1) is 0 Å². The zero-order valence-corrected chi connectivity index (χ0v) is 17.0. The number of anilines is 1. The number of aromatic nitrogens is 2. The zero-order chi connectivity index (χ0) is 20.1. The van der Waals surface area contributed by atoms with Crippen molar-refractivity contribution in [3.05, 3.63) is 41.9 Å². The molecule has 2 fully saturated rings. The van der Waals surface area contributed by atoms with Crippen LogP contribution in [-0.2, 0) is 4.74 Å². The highest BCUT2D eigenvalue weighted by atomic mass is 16.6. The number of nitrogens with zero attached hydrogens (tertiary/aromatic N) is 3. The van der Waals surface area contributed by atoms with Crippen LogP contribution < -0.4 is 5.73 Å². The molecule has 2 aromatic rings. The van der Waals surface area contributed by atoms with Crippen LogP contribution in [0.4, 0.5) is 10.6 Å². The summed E-state index contributed by atoms with van der Waals surface area (Å²) in [4.78, 5) is 23.5. The summed E-state index contributed by atoms with van der Waals surface area (Å²) >= 11 is 0. The summed E-state index contributed by atoms with van der Waals surface area (Å²) in [5, 5.41) is 0. The van der Waals surface area contributed by atoms with Crippen molar-refractivity contribution in [1.29, 1.82) is 0 Å². The van der Waals surface area contributed by atoms with Gasteiger partial charge in [0.15, 0.2) is 0 Å². The van der Waals surface area contributed by atoms with Gasteiger partial charge in [-0.25, -0.2) is 9.78 Å². The molecule has 0 aromatic carbocycles. The standard InChI is InChI=1S/C22H28N4O2/c1-13-5-6-14(11-24-13)18-9-15(12-25-20(18)23)17-10-16-7-8-19(17)26(16)21(27)28-22(2,3)4/h5-6,9,11-12,16-17,19H,7-8,10H2,1-4H3,(H2,23,25). The Kier molecular flexibility index (Phi) is 4.52. The maximum atomic E-state index is 12.7. The van der Waals surface area contributed by atoms with Gasteiger partial charge in [0.1, 0.15) is 11.4 Å². The Morgan fingerprint density at radius 3 is 2.68 bits per heavy atom. The molecule has 0 spiro atoms. The SMILES string of the molecule is Cc1ccc(-c2cc(C3CC4CCC3N4C(=O)OC(C)(C)C)cnc2N)cn1. The van der Waals surface area contributed by atoms with Crippen molar-refractivity contribution < 1.29 is 9.53 Å². The Morgan fingerprint density at radius 1 is 1.21 bits per heavy atom. The smallest absolute Gasteiger partial charge is 0.410 e. The largest absolute Gasteiger partial charge is 0.444 e. The van der Waals surface area contributed by atoms with E-state index >= 15 is 0 Å². The summed E-state index contributed by atoms with van der Waals surface area (Å²) in [6, 6.07) is 6.52. The lowest BCUT2D eigenvalue weighted by molar-refractivity contribution is 0.0213. The number of carbonyl (C=O) groups excluding carboxylic acids is 1. The molecule has 4 heterocycles. The molecule has 0 saturated carbocycles. The minimum atomic E-state index is -0.483. The summed E-state index contributed by atoms with van der Waals surface area (Å²) in [5.41, 5.74) is 9.63. The lowest BCUT2D eigenvalue weighted by Crippen LogP contribution is -2.40. The van der Waals surface area contributed by atoms with Crippen LogP contribution in [0, 0.1) is 6.92 Å². The van der Waals surface area contributed by atoms with Gasteiger partial charge in [-0.3, -0.25) is 4.98 Å². The summed E-state index contributed by atoms with van der Waals surface area (Å²) in [5.74, 6) is 0.762. The fourth-order valence-electron chi connectivity index (χ4n) is 4.50. The lowest BCUT2D eigenvalue weighted by atomic mass is 9.84. The van der Waals surface area contributed by atoms with Crippen LogP contribution in [0.2, 0.25) is 0 Å². The lowest BCUT2D eigenvalue weighted by Gasteiger charge is -2.28. The van der Waals surface area contributed by atoms with E-state index in [1.807, 2.05) is 57.1 Å². The van der Waals surface area contributed by atoms with E-state index in [1.54, 1.807) is 0 Å². The van der Waals surface area contributed by atoms with Crippen LogP contribution in [-0.4, -0.2) is 38.6 Å². The fourth-order valence-corrected chi connectivity index (χ4v) is 4.50. The average molecular weight is 380 g/mol. The zero-order valence-electron chi connectivity index (χ0n) is 17.0. The van der Waals surface area contributed by atoms with Crippen LogP contribution in [0.1, 0.15) is 57.2 Å². The molecular formula is C22H28N4O2. The van der Waals surface area contributed by atoms with Gasteiger partial charge in [0.05, 0.1) is 0 Å². The van der Waals surface area contributed by atoms with E-state index in [2.05, 4.69) is 16.0 Å². The average Bonchev–Trinajstić information content (AvgIpc) is 3.20. The highest BCUT2D eigenvalue weighted by molar-refractivity contribution is 5.74. The van der Waals surface area contributed by atoms with E-state index in [1.165, 1.54) is 0 Å². The first-order chi connectivity index (χ1) is 13.2. The van der Waals surface area contributed by atoms with Crippen molar-refractivity contribution in [1.82, 2.24) is 14.9 Å². The Morgan fingerprint density at radius 2 is 2.00 bits per heavy atom. The fraction of sp³-hybridized carbons (Fsp3) is 0.500. The van der Waals surface area contributed by atoms with Crippen LogP contribution >= 0.6 is 0 Å². The van der Waals surface area contributed by atoms with Crippen molar-refractivity contribution >= 4 is 11.9 Å². The molecule has 1 amide bonds. The summed E-state index contributed by atoms with van der Waals surface area (Å²) in [6.45, 7) is 7.69. The second-order valence-electron chi connectivity index (χ2n) is 8.92. The number of amides is 1. The Bertz CT molecular complexity index is 888. The van der Waals surface area contributed by atoms with Gasteiger partial charge in [0.25, 0.3) is 0 Å². The Labute approximate surface area is 166 Å². The van der Waals surface area contributed by atoms with Crippen LogP contribution in [0.5, 0.6) is 0 Å². The highest BCUT2D eigenvalue weighted by Crippen LogP contribution is 2.47. The molecule has 2 N–H and O–H groups in total. The molecule has 4 rings (SSSR count). The molecule has 2 aliphatic rings. The number of hydrogen-bond acceptors (Lipinski definition) is 5. The number of nitrogens with two attached hydrogens (primary N) is 1. The third-order valence-corrected chi connectivity index (χ3v) is 5.73. The van der Waals surface area contributed by atoms with E-state index in [0.717, 1.165) is 41.6 Å². The summed E-state index contributed by atoms with van der Waals surface area (Å²) in [6.07, 6.45) is 6.48. The molecule has 0 radical (unpaired) electrons. The number of aryl methyl sites for hydroxylation is 1. The van der Waals surface area contributed by atoms with Gasteiger partial charge in [-0.1, -0.05) is 6.07 Å². The maximum absolute atomic E-state index is 12.7. The number of fused-ring (bicyclic) bond motifs is 2. The molecule has 6 heteroatoms. The van der Waals surface area contributed by atoms with Gasteiger partial charge >= 0.3 is 6.09 Å². The number of nitrogen functional groups attached to an aromatic ring is 1. The molecule has 2 aliphatic heterocycles. The minimum Gasteiger partial charge on any atom is -0.444 e. The molecule has 2 aromatic heterocycles. The monoisotopic (exact) mass is 380 g/mol. The van der Waals surface area contributed by atoms with Gasteiger partial charge in [-0.2, -0.15) is 0 Å². The van der Waals surface area contributed by atoms with Crippen LogP contribution in [0.3, 0.4) is 0 Å². The predicted molar refractivity (Wildman–Crippen MR) is 109 cm³/mol. The molecule has 2 saturated heterocycles. The molecule has 28 heavy (non-hydrogen) atoms. The van der Waals surface area contributed by atoms with Crippen molar-refractivity contribution in [3.8, 4) is 11.1 Å². The Hall–Kier alpha value is -2.63. The van der Waals surface area contributed by atoms with Crippen molar-refractivity contribution in [2.75, 3.05) is 5.73 Å². The van der Waals surface area contributed by atoms with Gasteiger partial charge < -0.3 is 15.4 Å². The van der Waals surface area contributed by atoms with Gasteiger partial charge in [-0.05, 0) is 64.7 Å². The van der Waals surface area contributed by atoms with Crippen LogP contribution in [0.15, 0.2) is 30.6 Å².